The van der Waals surface area contributed by atoms with Gasteiger partial charge in [0.2, 0.25) is 0 Å². The second-order valence-corrected chi connectivity index (χ2v) is 6.68. The summed E-state index contributed by atoms with van der Waals surface area (Å²) in [5.41, 5.74) is 6.03. The minimum Gasteiger partial charge on any atom is -0.483 e. The Morgan fingerprint density at radius 2 is 1.89 bits per heavy atom. The number of nitrogens with one attached hydrogen (secondary N) is 1. The molecule has 28 heavy (non-hydrogen) atoms. The van der Waals surface area contributed by atoms with Crippen molar-refractivity contribution in [3.05, 3.63) is 53.5 Å². The molecule has 0 atom stereocenters. The number of ether oxygens (including phenoxy) is 1. The summed E-state index contributed by atoms with van der Waals surface area (Å²) in [5.74, 6) is -0.0294. The molecule has 0 bridgehead atoms. The highest BCUT2D eigenvalue weighted by atomic mass is 16.5. The van der Waals surface area contributed by atoms with Gasteiger partial charge in [0.05, 0.1) is 17.4 Å². The van der Waals surface area contributed by atoms with Crippen LogP contribution in [0.4, 0.5) is 0 Å². The molecular formula is C20H23N3O5. The first-order valence-corrected chi connectivity index (χ1v) is 9.10. The summed E-state index contributed by atoms with van der Waals surface area (Å²) in [6.45, 7) is 2.48. The summed E-state index contributed by atoms with van der Waals surface area (Å²) in [4.78, 5) is 37.8. The van der Waals surface area contributed by atoms with Crippen LogP contribution in [0, 0.1) is 6.92 Å². The number of benzene rings is 1. The summed E-state index contributed by atoms with van der Waals surface area (Å²) in [6.07, 6.45) is 2.79. The minimum atomic E-state index is -0.605. The van der Waals surface area contributed by atoms with E-state index < -0.39 is 5.91 Å². The van der Waals surface area contributed by atoms with Crippen LogP contribution in [0.1, 0.15) is 39.3 Å². The molecule has 1 saturated heterocycles. The second kappa shape index (κ2) is 8.60. The van der Waals surface area contributed by atoms with Crippen molar-refractivity contribution in [2.24, 2.45) is 5.73 Å². The van der Waals surface area contributed by atoms with Crippen LogP contribution in [-0.2, 0) is 4.79 Å². The largest absolute Gasteiger partial charge is 0.483 e. The van der Waals surface area contributed by atoms with Crippen LogP contribution in [0.2, 0.25) is 0 Å². The van der Waals surface area contributed by atoms with Gasteiger partial charge in [0.25, 0.3) is 17.7 Å². The number of nitrogens with zero attached hydrogens (tertiary/aromatic N) is 1. The number of likely N-dealkylation sites (tertiary alicyclic amines) is 1. The third kappa shape index (κ3) is 4.51. The highest BCUT2D eigenvalue weighted by Gasteiger charge is 2.27. The van der Waals surface area contributed by atoms with E-state index in [1.165, 1.54) is 6.26 Å². The van der Waals surface area contributed by atoms with E-state index in [9.17, 15) is 14.4 Å². The number of carbonyl (C=O) groups is 3. The van der Waals surface area contributed by atoms with E-state index in [-0.39, 0.29) is 24.5 Å². The van der Waals surface area contributed by atoms with Gasteiger partial charge in [-0.05, 0) is 38.0 Å². The number of piperidine rings is 1. The molecule has 148 valence electrons. The number of nitrogens with two attached hydrogens (primary N) is 1. The molecule has 3 amide bonds. The van der Waals surface area contributed by atoms with Crippen LogP contribution in [-0.4, -0.2) is 48.4 Å². The number of furan rings is 1. The van der Waals surface area contributed by atoms with Crippen LogP contribution in [0.3, 0.4) is 0 Å². The first-order chi connectivity index (χ1) is 13.5. The Morgan fingerprint density at radius 3 is 2.54 bits per heavy atom. The van der Waals surface area contributed by atoms with Gasteiger partial charge in [0, 0.05) is 19.1 Å². The topological polar surface area (TPSA) is 115 Å². The number of amides is 3. The van der Waals surface area contributed by atoms with Crippen LogP contribution >= 0.6 is 0 Å². The molecule has 1 aromatic heterocycles. The first kappa shape index (κ1) is 19.5. The van der Waals surface area contributed by atoms with Gasteiger partial charge >= 0.3 is 0 Å². The van der Waals surface area contributed by atoms with Gasteiger partial charge in [-0.1, -0.05) is 12.1 Å². The SMILES string of the molecule is Cc1occc1C(=O)NC1CCN(C(=O)c2ccccc2OCC(N)=O)CC1. The smallest absolute Gasteiger partial charge is 0.257 e. The fraction of sp³-hybridized carbons (Fsp3) is 0.350. The van der Waals surface area contributed by atoms with E-state index in [2.05, 4.69) is 5.32 Å². The molecule has 3 N–H and O–H groups in total. The summed E-state index contributed by atoms with van der Waals surface area (Å²) < 4.78 is 10.5. The summed E-state index contributed by atoms with van der Waals surface area (Å²) in [7, 11) is 0. The lowest BCUT2D eigenvalue weighted by Crippen LogP contribution is -2.46. The van der Waals surface area contributed by atoms with Crippen molar-refractivity contribution in [2.75, 3.05) is 19.7 Å². The summed E-state index contributed by atoms with van der Waals surface area (Å²) in [6, 6.07) is 8.40. The molecule has 1 aromatic carbocycles. The van der Waals surface area contributed by atoms with Gasteiger partial charge < -0.3 is 25.1 Å². The maximum atomic E-state index is 12.9. The predicted molar refractivity (Wildman–Crippen MR) is 101 cm³/mol. The number of carbonyl (C=O) groups excluding carboxylic acids is 3. The monoisotopic (exact) mass is 385 g/mol. The molecule has 8 heteroatoms. The van der Waals surface area contributed by atoms with E-state index in [1.54, 1.807) is 42.2 Å². The molecule has 8 nitrogen and oxygen atoms in total. The Kier molecular flexibility index (Phi) is 5.98. The van der Waals surface area contributed by atoms with Crippen molar-refractivity contribution in [3.8, 4) is 5.75 Å². The maximum Gasteiger partial charge on any atom is 0.257 e. The fourth-order valence-corrected chi connectivity index (χ4v) is 3.20. The number of hydrogen-bond donors (Lipinski definition) is 2. The fourth-order valence-electron chi connectivity index (χ4n) is 3.20. The number of aryl methyl sites for hydroxylation is 1. The predicted octanol–water partition coefficient (Wildman–Crippen LogP) is 1.49. The van der Waals surface area contributed by atoms with Crippen molar-refractivity contribution in [1.29, 1.82) is 0 Å². The van der Waals surface area contributed by atoms with Crippen molar-refractivity contribution in [2.45, 2.75) is 25.8 Å². The molecule has 0 unspecified atom stereocenters. The normalized spacial score (nSPS) is 14.5. The minimum absolute atomic E-state index is 0.00722. The number of rotatable bonds is 6. The standard InChI is InChI=1S/C20H23N3O5/c1-13-15(8-11-27-13)19(25)22-14-6-9-23(10-7-14)20(26)16-4-2-3-5-17(16)28-12-18(21)24/h2-5,8,11,14H,6-7,9-10,12H2,1H3,(H2,21,24)(H,22,25). The summed E-state index contributed by atoms with van der Waals surface area (Å²) in [5, 5.41) is 2.99. The van der Waals surface area contributed by atoms with Crippen LogP contribution in [0.5, 0.6) is 5.75 Å². The highest BCUT2D eigenvalue weighted by molar-refractivity contribution is 5.97. The zero-order valence-corrected chi connectivity index (χ0v) is 15.6. The van der Waals surface area contributed by atoms with Crippen molar-refractivity contribution in [3.63, 3.8) is 0 Å². The first-order valence-electron chi connectivity index (χ1n) is 9.10. The molecule has 1 aliphatic rings. The average molecular weight is 385 g/mol. The molecule has 2 aromatic rings. The van der Waals surface area contributed by atoms with Gasteiger partial charge in [-0.25, -0.2) is 0 Å². The van der Waals surface area contributed by atoms with E-state index in [0.717, 1.165) is 0 Å². The zero-order valence-electron chi connectivity index (χ0n) is 15.6. The highest BCUT2D eigenvalue weighted by Crippen LogP contribution is 2.22. The van der Waals surface area contributed by atoms with Gasteiger partial charge in [-0.15, -0.1) is 0 Å². The third-order valence-electron chi connectivity index (χ3n) is 4.71. The van der Waals surface area contributed by atoms with Crippen LogP contribution in [0.15, 0.2) is 41.0 Å². The van der Waals surface area contributed by atoms with Gasteiger partial charge in [-0.2, -0.15) is 0 Å². The second-order valence-electron chi connectivity index (χ2n) is 6.68. The van der Waals surface area contributed by atoms with Crippen LogP contribution in [0.25, 0.3) is 0 Å². The molecule has 1 aliphatic heterocycles. The molecule has 3 rings (SSSR count). The van der Waals surface area contributed by atoms with Crippen LogP contribution < -0.4 is 15.8 Å². The number of para-hydroxylation sites is 1. The van der Waals surface area contributed by atoms with Gasteiger partial charge in [-0.3, -0.25) is 14.4 Å². The molecule has 2 heterocycles. The molecule has 0 spiro atoms. The van der Waals surface area contributed by atoms with Crippen molar-refractivity contribution in [1.82, 2.24) is 10.2 Å². The molecular weight excluding hydrogens is 362 g/mol. The molecule has 0 aliphatic carbocycles. The van der Waals surface area contributed by atoms with Crippen molar-refractivity contribution >= 4 is 17.7 Å². The Bertz CT molecular complexity index is 868. The zero-order chi connectivity index (χ0) is 20.1. The number of hydrogen-bond acceptors (Lipinski definition) is 5. The Morgan fingerprint density at radius 1 is 1.18 bits per heavy atom. The quantitative estimate of drug-likeness (QED) is 0.782. The van der Waals surface area contributed by atoms with E-state index >= 15 is 0 Å². The van der Waals surface area contributed by atoms with E-state index in [1.807, 2.05) is 0 Å². The molecule has 0 radical (unpaired) electrons. The van der Waals surface area contributed by atoms with Crippen molar-refractivity contribution < 1.29 is 23.5 Å². The van der Waals surface area contributed by atoms with E-state index in [4.69, 9.17) is 14.9 Å². The van der Waals surface area contributed by atoms with E-state index in [0.29, 0.717) is 48.6 Å². The molecule has 0 saturated carbocycles. The third-order valence-corrected chi connectivity index (χ3v) is 4.71. The Labute approximate surface area is 162 Å². The lowest BCUT2D eigenvalue weighted by atomic mass is 10.0. The average Bonchev–Trinajstić information content (AvgIpc) is 3.12. The number of primary amides is 1. The van der Waals surface area contributed by atoms with Gasteiger partial charge in [0.15, 0.2) is 6.61 Å². The summed E-state index contributed by atoms with van der Waals surface area (Å²) >= 11 is 0. The maximum absolute atomic E-state index is 12.9. The molecule has 1 fully saturated rings. The Hall–Kier alpha value is -3.29. The lowest BCUT2D eigenvalue weighted by molar-refractivity contribution is -0.119. The Balaban J connectivity index is 1.58. The lowest BCUT2D eigenvalue weighted by Gasteiger charge is -2.32. The van der Waals surface area contributed by atoms with Gasteiger partial charge in [0.1, 0.15) is 11.5 Å².